The topological polar surface area (TPSA) is 90.4 Å². The van der Waals surface area contributed by atoms with E-state index in [4.69, 9.17) is 9.16 Å². The summed E-state index contributed by atoms with van der Waals surface area (Å²) in [6.07, 6.45) is 1.80. The smallest absolute Gasteiger partial charge is 0.330 e. The third-order valence-electron chi connectivity index (χ3n) is 5.22. The lowest BCUT2D eigenvalue weighted by molar-refractivity contribution is -0.112. The number of nitrogens with one attached hydrogen (secondary N) is 1. The minimum atomic E-state index is -2.05. The summed E-state index contributed by atoms with van der Waals surface area (Å²) in [4.78, 5) is 37.0. The molecular formula is C17H28N2O5Si. The fourth-order valence-electron chi connectivity index (χ4n) is 2.66. The van der Waals surface area contributed by atoms with Crippen LogP contribution in [0.5, 0.6) is 0 Å². The number of rotatable bonds is 5. The van der Waals surface area contributed by atoms with E-state index in [9.17, 15) is 14.4 Å². The molecule has 0 aliphatic carbocycles. The van der Waals surface area contributed by atoms with Gasteiger partial charge in [0.2, 0.25) is 0 Å². The van der Waals surface area contributed by atoms with Crippen molar-refractivity contribution in [2.75, 3.05) is 0 Å². The number of aryl methyl sites for hydroxylation is 1. The van der Waals surface area contributed by atoms with E-state index in [0.717, 1.165) is 6.29 Å². The molecule has 1 aliphatic heterocycles. The fraction of sp³-hybridized carbons (Fsp3) is 0.706. The van der Waals surface area contributed by atoms with Gasteiger partial charge >= 0.3 is 5.69 Å². The van der Waals surface area contributed by atoms with Gasteiger partial charge in [0.05, 0.1) is 12.2 Å². The minimum absolute atomic E-state index is 0.0300. The van der Waals surface area contributed by atoms with Crippen LogP contribution in [-0.4, -0.2) is 36.4 Å². The van der Waals surface area contributed by atoms with Gasteiger partial charge in [-0.25, -0.2) is 4.79 Å². The van der Waals surface area contributed by atoms with Crippen molar-refractivity contribution in [2.24, 2.45) is 0 Å². The van der Waals surface area contributed by atoms with Gasteiger partial charge in [0, 0.05) is 24.6 Å². The number of nitrogens with zero attached hydrogens (tertiary/aromatic N) is 1. The first kappa shape index (κ1) is 19.8. The first-order valence-corrected chi connectivity index (χ1v) is 11.5. The summed E-state index contributed by atoms with van der Waals surface area (Å²) in [5.74, 6) is 0. The van der Waals surface area contributed by atoms with Gasteiger partial charge in [0.25, 0.3) is 5.56 Å². The van der Waals surface area contributed by atoms with Crippen molar-refractivity contribution < 1.29 is 14.0 Å². The molecular weight excluding hydrogens is 340 g/mol. The molecule has 1 N–H and O–H groups in total. The highest BCUT2D eigenvalue weighted by atomic mass is 28.4. The average molecular weight is 369 g/mol. The summed E-state index contributed by atoms with van der Waals surface area (Å²) in [6, 6.07) is 0. The molecule has 2 rings (SSSR count). The second-order valence-corrected chi connectivity index (χ2v) is 12.9. The third-order valence-corrected chi connectivity index (χ3v) is 9.72. The Morgan fingerprint density at radius 2 is 2.04 bits per heavy atom. The number of hydrogen-bond acceptors (Lipinski definition) is 5. The Morgan fingerprint density at radius 3 is 2.60 bits per heavy atom. The Bertz CT molecular complexity index is 747. The van der Waals surface area contributed by atoms with Crippen LogP contribution in [0.3, 0.4) is 0 Å². The van der Waals surface area contributed by atoms with E-state index in [-0.39, 0.29) is 17.6 Å². The number of carbonyl (C=O) groups is 1. The predicted octanol–water partition coefficient (Wildman–Crippen LogP) is 2.11. The van der Waals surface area contributed by atoms with E-state index < -0.39 is 31.9 Å². The molecule has 3 atom stereocenters. The summed E-state index contributed by atoms with van der Waals surface area (Å²) in [6.45, 7) is 12.4. The van der Waals surface area contributed by atoms with Crippen molar-refractivity contribution in [3.63, 3.8) is 0 Å². The summed E-state index contributed by atoms with van der Waals surface area (Å²) in [7, 11) is -2.05. The Kier molecular flexibility index (Phi) is 5.55. The molecule has 1 saturated heterocycles. The summed E-state index contributed by atoms with van der Waals surface area (Å²) < 4.78 is 13.8. The lowest BCUT2D eigenvalue weighted by Crippen LogP contribution is -2.46. The van der Waals surface area contributed by atoms with Crippen molar-refractivity contribution in [2.45, 2.75) is 77.1 Å². The van der Waals surface area contributed by atoms with E-state index in [1.54, 1.807) is 6.92 Å². The molecule has 1 aromatic heterocycles. The van der Waals surface area contributed by atoms with Crippen LogP contribution in [-0.2, 0) is 14.0 Å². The van der Waals surface area contributed by atoms with Crippen molar-refractivity contribution in [1.29, 1.82) is 0 Å². The molecule has 0 amide bonds. The maximum absolute atomic E-state index is 12.1. The second-order valence-electron chi connectivity index (χ2n) is 8.16. The summed E-state index contributed by atoms with van der Waals surface area (Å²) in [5.41, 5.74) is -0.486. The highest BCUT2D eigenvalue weighted by Gasteiger charge is 2.45. The van der Waals surface area contributed by atoms with Crippen molar-refractivity contribution in [3.05, 3.63) is 32.6 Å². The van der Waals surface area contributed by atoms with Crippen LogP contribution in [0.25, 0.3) is 0 Å². The third kappa shape index (κ3) is 4.19. The number of H-pyrrole nitrogens is 1. The van der Waals surface area contributed by atoms with Crippen LogP contribution in [0, 0.1) is 6.92 Å². The molecule has 8 heteroatoms. The largest absolute Gasteiger partial charge is 0.411 e. The fourth-order valence-corrected chi connectivity index (χ4v) is 4.01. The zero-order chi connectivity index (χ0) is 19.0. The Morgan fingerprint density at radius 1 is 1.40 bits per heavy atom. The number of carbonyl (C=O) groups excluding carboxylic acids is 1. The number of aromatic amines is 1. The average Bonchev–Trinajstić information content (AvgIpc) is 2.84. The molecule has 0 spiro atoms. The van der Waals surface area contributed by atoms with Gasteiger partial charge in [-0.2, -0.15) is 0 Å². The molecule has 7 nitrogen and oxygen atoms in total. The van der Waals surface area contributed by atoms with Crippen molar-refractivity contribution >= 4 is 14.6 Å². The summed E-state index contributed by atoms with van der Waals surface area (Å²) in [5, 5.41) is 0.0300. The van der Waals surface area contributed by atoms with Gasteiger partial charge in [-0.3, -0.25) is 14.3 Å². The quantitative estimate of drug-likeness (QED) is 0.635. The normalized spacial score (nSPS) is 24.5. The molecule has 140 valence electrons. The number of aldehydes is 1. The molecule has 0 radical (unpaired) electrons. The van der Waals surface area contributed by atoms with Gasteiger partial charge in [-0.15, -0.1) is 0 Å². The van der Waals surface area contributed by atoms with Crippen LogP contribution in [0.1, 0.15) is 45.4 Å². The lowest BCUT2D eigenvalue weighted by atomic mass is 10.1. The van der Waals surface area contributed by atoms with Gasteiger partial charge in [0.1, 0.15) is 12.5 Å². The zero-order valence-corrected chi connectivity index (χ0v) is 16.8. The maximum atomic E-state index is 12.1. The highest BCUT2D eigenvalue weighted by Crippen LogP contribution is 2.41. The SMILES string of the molecule is Cc1cn([C@H]2CC(O[Si](C)(C)C(C)(C)C)[C@@H](CC=O)O2)c(=O)[nH]c1=O. The van der Waals surface area contributed by atoms with Crippen LogP contribution < -0.4 is 11.2 Å². The van der Waals surface area contributed by atoms with E-state index >= 15 is 0 Å². The van der Waals surface area contributed by atoms with E-state index in [0.29, 0.717) is 12.0 Å². The number of ether oxygens (including phenoxy) is 1. The molecule has 1 unspecified atom stereocenters. The van der Waals surface area contributed by atoms with E-state index in [2.05, 4.69) is 38.8 Å². The van der Waals surface area contributed by atoms with Crippen LogP contribution in [0.4, 0.5) is 0 Å². The van der Waals surface area contributed by atoms with Crippen LogP contribution in [0.15, 0.2) is 15.8 Å². The summed E-state index contributed by atoms with van der Waals surface area (Å²) >= 11 is 0. The van der Waals surface area contributed by atoms with Crippen molar-refractivity contribution in [1.82, 2.24) is 9.55 Å². The highest BCUT2D eigenvalue weighted by molar-refractivity contribution is 6.74. The number of hydrogen-bond donors (Lipinski definition) is 1. The van der Waals surface area contributed by atoms with Gasteiger partial charge in [-0.1, -0.05) is 20.8 Å². The second kappa shape index (κ2) is 7.01. The van der Waals surface area contributed by atoms with Gasteiger partial charge < -0.3 is 14.0 Å². The standard InChI is InChI=1S/C17H28N2O5Si/c1-11-10-19(16(22)18-15(11)21)14-9-13(12(23-14)7-8-20)24-25(5,6)17(2,3)4/h8,10,12-14H,7,9H2,1-6H3,(H,18,21,22)/t12-,13?,14-/m1/s1. The Balaban J connectivity index is 2.29. The van der Waals surface area contributed by atoms with Gasteiger partial charge in [-0.05, 0) is 25.1 Å². The monoisotopic (exact) mass is 368 g/mol. The van der Waals surface area contributed by atoms with Crippen LogP contribution in [0.2, 0.25) is 18.1 Å². The molecule has 1 fully saturated rings. The molecule has 0 aromatic carbocycles. The number of aromatic nitrogens is 2. The molecule has 2 heterocycles. The molecule has 1 aliphatic rings. The lowest BCUT2D eigenvalue weighted by Gasteiger charge is -2.39. The van der Waals surface area contributed by atoms with Gasteiger partial charge in [0.15, 0.2) is 8.32 Å². The van der Waals surface area contributed by atoms with E-state index in [1.165, 1.54) is 10.8 Å². The predicted molar refractivity (Wildman–Crippen MR) is 97.3 cm³/mol. The first-order valence-electron chi connectivity index (χ1n) is 8.55. The van der Waals surface area contributed by atoms with Crippen LogP contribution >= 0.6 is 0 Å². The molecule has 1 aromatic rings. The van der Waals surface area contributed by atoms with Crippen molar-refractivity contribution in [3.8, 4) is 0 Å². The maximum Gasteiger partial charge on any atom is 0.330 e. The Labute approximate surface area is 148 Å². The molecule has 0 saturated carbocycles. The molecule has 0 bridgehead atoms. The zero-order valence-electron chi connectivity index (χ0n) is 15.8. The van der Waals surface area contributed by atoms with E-state index in [1.807, 2.05) is 0 Å². The Hall–Kier alpha value is -1.51. The first-order chi connectivity index (χ1) is 11.5. The minimum Gasteiger partial charge on any atom is -0.411 e. The molecule has 25 heavy (non-hydrogen) atoms.